The molecule has 140 valence electrons. The molecule has 1 aromatic heterocycles. The largest absolute Gasteiger partial charge is 0.361 e. The van der Waals surface area contributed by atoms with Crippen molar-refractivity contribution < 1.29 is 4.79 Å². The lowest BCUT2D eigenvalue weighted by molar-refractivity contribution is -0.121. The van der Waals surface area contributed by atoms with Crippen molar-refractivity contribution in [1.82, 2.24) is 15.2 Å². The average Bonchev–Trinajstić information content (AvgIpc) is 3.06. The summed E-state index contributed by atoms with van der Waals surface area (Å²) in [5.74, 6) is 0.109. The van der Waals surface area contributed by atoms with Gasteiger partial charge in [-0.2, -0.15) is 0 Å². The fourth-order valence-electron chi connectivity index (χ4n) is 3.83. The smallest absolute Gasteiger partial charge is 0.224 e. The molecule has 1 aliphatic heterocycles. The van der Waals surface area contributed by atoms with Gasteiger partial charge in [-0.1, -0.05) is 46.3 Å². The second-order valence-electron chi connectivity index (χ2n) is 7.28. The first-order valence-electron chi connectivity index (χ1n) is 9.48. The van der Waals surface area contributed by atoms with Gasteiger partial charge in [-0.15, -0.1) is 0 Å². The molecule has 4 nitrogen and oxygen atoms in total. The van der Waals surface area contributed by atoms with Crippen molar-refractivity contribution in [3.8, 4) is 0 Å². The van der Waals surface area contributed by atoms with E-state index in [0.29, 0.717) is 6.42 Å². The molecule has 1 amide bonds. The number of hydrogen-bond donors (Lipinski definition) is 2. The minimum atomic E-state index is 0.109. The Labute approximate surface area is 168 Å². The van der Waals surface area contributed by atoms with Crippen molar-refractivity contribution in [2.75, 3.05) is 13.1 Å². The summed E-state index contributed by atoms with van der Waals surface area (Å²) in [5.41, 5.74) is 3.46. The highest BCUT2D eigenvalue weighted by Gasteiger charge is 2.21. The standard InChI is InChI=1S/C22H24BrN3O/c23-18-6-7-21-20(13-18)17(14-24-21)12-22(27)25-19-8-10-26(11-9-19)15-16-4-2-1-3-5-16/h1-7,13-14,19,24H,8-12,15H2,(H,25,27). The summed E-state index contributed by atoms with van der Waals surface area (Å²) >= 11 is 3.51. The molecule has 2 N–H and O–H groups in total. The molecular weight excluding hydrogens is 402 g/mol. The first-order valence-corrected chi connectivity index (χ1v) is 10.3. The van der Waals surface area contributed by atoms with E-state index in [-0.39, 0.29) is 11.9 Å². The Bertz CT molecular complexity index is 914. The number of piperidine rings is 1. The predicted molar refractivity (Wildman–Crippen MR) is 113 cm³/mol. The number of aromatic nitrogens is 1. The van der Waals surface area contributed by atoms with E-state index in [2.05, 4.69) is 67.5 Å². The molecule has 4 rings (SSSR count). The van der Waals surface area contributed by atoms with E-state index in [1.807, 2.05) is 18.3 Å². The molecule has 2 aromatic carbocycles. The number of carbonyl (C=O) groups is 1. The Morgan fingerprint density at radius 2 is 1.93 bits per heavy atom. The van der Waals surface area contributed by atoms with Crippen LogP contribution in [0.3, 0.4) is 0 Å². The zero-order chi connectivity index (χ0) is 18.6. The first-order chi connectivity index (χ1) is 13.2. The van der Waals surface area contributed by atoms with Gasteiger partial charge in [0.1, 0.15) is 0 Å². The summed E-state index contributed by atoms with van der Waals surface area (Å²) in [6.07, 6.45) is 4.38. The molecule has 1 aliphatic rings. The van der Waals surface area contributed by atoms with Crippen LogP contribution in [-0.2, 0) is 17.8 Å². The number of fused-ring (bicyclic) bond motifs is 1. The molecule has 27 heavy (non-hydrogen) atoms. The fourth-order valence-corrected chi connectivity index (χ4v) is 4.19. The van der Waals surface area contributed by atoms with Gasteiger partial charge in [-0.3, -0.25) is 9.69 Å². The van der Waals surface area contributed by atoms with Crippen molar-refractivity contribution in [3.05, 3.63) is 70.3 Å². The van der Waals surface area contributed by atoms with Crippen LogP contribution in [0.5, 0.6) is 0 Å². The third-order valence-corrected chi connectivity index (χ3v) is 5.78. The fraction of sp³-hybridized carbons (Fsp3) is 0.318. The van der Waals surface area contributed by atoms with Crippen LogP contribution >= 0.6 is 15.9 Å². The number of amides is 1. The highest BCUT2D eigenvalue weighted by molar-refractivity contribution is 9.10. The van der Waals surface area contributed by atoms with Gasteiger partial charge in [0.2, 0.25) is 5.91 Å². The van der Waals surface area contributed by atoms with E-state index < -0.39 is 0 Å². The Morgan fingerprint density at radius 3 is 2.70 bits per heavy atom. The maximum absolute atomic E-state index is 12.5. The Kier molecular flexibility index (Phi) is 5.60. The van der Waals surface area contributed by atoms with Gasteiger partial charge in [0.05, 0.1) is 6.42 Å². The highest BCUT2D eigenvalue weighted by Crippen LogP contribution is 2.23. The lowest BCUT2D eigenvalue weighted by Crippen LogP contribution is -2.44. The van der Waals surface area contributed by atoms with E-state index in [1.54, 1.807) is 0 Å². The molecule has 0 atom stereocenters. The highest BCUT2D eigenvalue weighted by atomic mass is 79.9. The lowest BCUT2D eigenvalue weighted by atomic mass is 10.0. The number of rotatable bonds is 5. The number of halogens is 1. The average molecular weight is 426 g/mol. The van der Waals surface area contributed by atoms with Crippen LogP contribution in [-0.4, -0.2) is 34.9 Å². The van der Waals surface area contributed by atoms with E-state index in [4.69, 9.17) is 0 Å². The van der Waals surface area contributed by atoms with Gasteiger partial charge in [0.25, 0.3) is 0 Å². The molecule has 1 saturated heterocycles. The molecule has 1 fully saturated rings. The van der Waals surface area contributed by atoms with E-state index in [9.17, 15) is 4.79 Å². The number of nitrogens with one attached hydrogen (secondary N) is 2. The topological polar surface area (TPSA) is 48.1 Å². The van der Waals surface area contributed by atoms with Gasteiger partial charge >= 0.3 is 0 Å². The summed E-state index contributed by atoms with van der Waals surface area (Å²) in [5, 5.41) is 4.34. The van der Waals surface area contributed by atoms with Crippen LogP contribution < -0.4 is 5.32 Å². The van der Waals surface area contributed by atoms with Crippen molar-refractivity contribution >= 4 is 32.7 Å². The molecule has 0 radical (unpaired) electrons. The third kappa shape index (κ3) is 4.60. The van der Waals surface area contributed by atoms with Gasteiger partial charge < -0.3 is 10.3 Å². The molecule has 0 bridgehead atoms. The van der Waals surface area contributed by atoms with Crippen LogP contribution in [0.1, 0.15) is 24.0 Å². The number of carbonyl (C=O) groups excluding carboxylic acids is 1. The van der Waals surface area contributed by atoms with Crippen molar-refractivity contribution in [2.24, 2.45) is 0 Å². The number of hydrogen-bond acceptors (Lipinski definition) is 2. The summed E-state index contributed by atoms with van der Waals surface area (Å²) in [4.78, 5) is 18.2. The zero-order valence-electron chi connectivity index (χ0n) is 15.2. The van der Waals surface area contributed by atoms with Gasteiger partial charge in [-0.25, -0.2) is 0 Å². The molecule has 0 spiro atoms. The van der Waals surface area contributed by atoms with Crippen LogP contribution in [0.25, 0.3) is 10.9 Å². The van der Waals surface area contributed by atoms with Crippen LogP contribution in [0, 0.1) is 0 Å². The van der Waals surface area contributed by atoms with Gasteiger partial charge in [0.15, 0.2) is 0 Å². The summed E-state index contributed by atoms with van der Waals surface area (Å²) in [6.45, 7) is 3.05. The SMILES string of the molecule is O=C(Cc1c[nH]c2ccc(Br)cc12)NC1CCN(Cc2ccccc2)CC1. The Morgan fingerprint density at radius 1 is 1.15 bits per heavy atom. The lowest BCUT2D eigenvalue weighted by Gasteiger charge is -2.32. The van der Waals surface area contributed by atoms with Crippen LogP contribution in [0.2, 0.25) is 0 Å². The molecule has 5 heteroatoms. The second-order valence-corrected chi connectivity index (χ2v) is 8.20. The first kappa shape index (κ1) is 18.3. The maximum atomic E-state index is 12.5. The number of likely N-dealkylation sites (tertiary alicyclic amines) is 1. The molecule has 0 aliphatic carbocycles. The van der Waals surface area contributed by atoms with Crippen molar-refractivity contribution in [1.29, 1.82) is 0 Å². The minimum absolute atomic E-state index is 0.109. The van der Waals surface area contributed by atoms with E-state index in [0.717, 1.165) is 53.4 Å². The Hall–Kier alpha value is -2.11. The summed E-state index contributed by atoms with van der Waals surface area (Å²) in [7, 11) is 0. The maximum Gasteiger partial charge on any atom is 0.224 e. The second kappa shape index (κ2) is 8.28. The summed E-state index contributed by atoms with van der Waals surface area (Å²) in [6, 6.07) is 17.0. The van der Waals surface area contributed by atoms with Crippen LogP contribution in [0.4, 0.5) is 0 Å². The number of H-pyrrole nitrogens is 1. The van der Waals surface area contributed by atoms with Gasteiger partial charge in [0, 0.05) is 47.2 Å². The van der Waals surface area contributed by atoms with E-state index in [1.165, 1.54) is 5.56 Å². The van der Waals surface area contributed by atoms with Crippen LogP contribution in [0.15, 0.2) is 59.2 Å². The molecule has 2 heterocycles. The van der Waals surface area contributed by atoms with Crippen molar-refractivity contribution in [2.45, 2.75) is 31.8 Å². The monoisotopic (exact) mass is 425 g/mol. The van der Waals surface area contributed by atoms with Crippen molar-refractivity contribution in [3.63, 3.8) is 0 Å². The molecular formula is C22H24BrN3O. The van der Waals surface area contributed by atoms with E-state index >= 15 is 0 Å². The summed E-state index contributed by atoms with van der Waals surface area (Å²) < 4.78 is 1.03. The van der Waals surface area contributed by atoms with Gasteiger partial charge in [-0.05, 0) is 42.2 Å². The predicted octanol–water partition coefficient (Wildman–Crippen LogP) is 4.25. The Balaban J connectivity index is 1.28. The number of nitrogens with zero attached hydrogens (tertiary/aromatic N) is 1. The third-order valence-electron chi connectivity index (χ3n) is 5.28. The quantitative estimate of drug-likeness (QED) is 0.641. The molecule has 0 saturated carbocycles. The molecule has 0 unspecified atom stereocenters. The zero-order valence-corrected chi connectivity index (χ0v) is 16.8. The number of aromatic amines is 1. The normalized spacial score (nSPS) is 15.9. The number of benzene rings is 2. The minimum Gasteiger partial charge on any atom is -0.361 e. The molecule has 3 aromatic rings.